The number of nitrogens with two attached hydrogens (primary N) is 1. The molecule has 5 heteroatoms. The minimum atomic E-state index is 0.180. The number of hydrogen-bond acceptors (Lipinski definition) is 5. The summed E-state index contributed by atoms with van der Waals surface area (Å²) in [7, 11) is 0. The molecule has 104 valence electrons. The molecule has 1 aromatic carbocycles. The molecule has 2 N–H and O–H groups in total. The maximum atomic E-state index is 9.38. The second-order valence-corrected chi connectivity index (χ2v) is 5.13. The van der Waals surface area contributed by atoms with Crippen molar-refractivity contribution in [1.82, 2.24) is 0 Å². The minimum Gasteiger partial charge on any atom is -0.397 e. The van der Waals surface area contributed by atoms with E-state index in [1.165, 1.54) is 0 Å². The zero-order valence-corrected chi connectivity index (χ0v) is 11.8. The first-order valence-electron chi connectivity index (χ1n) is 6.69. The van der Waals surface area contributed by atoms with Crippen molar-refractivity contribution in [3.8, 4) is 12.1 Å². The summed E-state index contributed by atoms with van der Waals surface area (Å²) in [4.78, 5) is 2.10. The number of nitrogen functional groups attached to an aromatic ring is 1. The zero-order valence-electron chi connectivity index (χ0n) is 11.8. The molecule has 1 aliphatic rings. The topological polar surface area (TPSA) is 86.1 Å². The van der Waals surface area contributed by atoms with Crippen LogP contribution in [-0.4, -0.2) is 26.3 Å². The van der Waals surface area contributed by atoms with Crippen LogP contribution in [0.2, 0.25) is 0 Å². The van der Waals surface area contributed by atoms with Gasteiger partial charge in [0.2, 0.25) is 0 Å². The van der Waals surface area contributed by atoms with Gasteiger partial charge in [-0.05, 0) is 17.5 Å². The molecule has 2 rings (SSSR count). The van der Waals surface area contributed by atoms with Crippen LogP contribution < -0.4 is 10.6 Å². The van der Waals surface area contributed by atoms with E-state index in [1.54, 1.807) is 0 Å². The smallest absolute Gasteiger partial charge is 0.104 e. The molecule has 5 nitrogen and oxygen atoms in total. The first-order chi connectivity index (χ1) is 9.60. The van der Waals surface area contributed by atoms with E-state index >= 15 is 0 Å². The van der Waals surface area contributed by atoms with Crippen LogP contribution in [0.25, 0.3) is 0 Å². The molecule has 1 aliphatic heterocycles. The van der Waals surface area contributed by atoms with E-state index in [4.69, 9.17) is 10.5 Å². The van der Waals surface area contributed by atoms with Gasteiger partial charge in [-0.1, -0.05) is 13.8 Å². The van der Waals surface area contributed by atoms with E-state index in [2.05, 4.69) is 17.0 Å². The maximum absolute atomic E-state index is 9.38. The highest BCUT2D eigenvalue weighted by molar-refractivity contribution is 5.78. The first-order valence-corrected chi connectivity index (χ1v) is 6.69. The Bertz CT molecular complexity index is 589. The van der Waals surface area contributed by atoms with Gasteiger partial charge in [-0.25, -0.2) is 0 Å². The van der Waals surface area contributed by atoms with Crippen molar-refractivity contribution < 1.29 is 4.74 Å². The molecule has 0 atom stereocenters. The van der Waals surface area contributed by atoms with Crippen molar-refractivity contribution in [2.24, 2.45) is 0 Å². The van der Waals surface area contributed by atoms with Crippen molar-refractivity contribution >= 4 is 11.4 Å². The molecule has 1 saturated heterocycles. The van der Waals surface area contributed by atoms with Crippen LogP contribution in [0.15, 0.2) is 6.07 Å². The average Bonchev–Trinajstić information content (AvgIpc) is 2.46. The predicted octanol–water partition coefficient (Wildman–Crippen LogP) is 1.97. The molecular formula is C15H18N4O. The number of rotatable bonds is 2. The number of morpholine rings is 1. The fraction of sp³-hybridized carbons (Fsp3) is 0.467. The molecule has 0 radical (unpaired) electrons. The van der Waals surface area contributed by atoms with Gasteiger partial charge in [-0.3, -0.25) is 0 Å². The highest BCUT2D eigenvalue weighted by Gasteiger charge is 2.22. The quantitative estimate of drug-likeness (QED) is 0.830. The van der Waals surface area contributed by atoms with E-state index in [-0.39, 0.29) is 5.92 Å². The number of ether oxygens (including phenoxy) is 1. The molecule has 1 heterocycles. The minimum absolute atomic E-state index is 0.180. The zero-order chi connectivity index (χ0) is 14.7. The van der Waals surface area contributed by atoms with Crippen molar-refractivity contribution in [2.75, 3.05) is 36.9 Å². The number of anilines is 2. The Hall–Kier alpha value is -2.24. The molecule has 1 fully saturated rings. The first kappa shape index (κ1) is 14.2. The Morgan fingerprint density at radius 3 is 2.30 bits per heavy atom. The second kappa shape index (κ2) is 5.81. The summed E-state index contributed by atoms with van der Waals surface area (Å²) < 4.78 is 5.34. The summed E-state index contributed by atoms with van der Waals surface area (Å²) in [5.74, 6) is 0.180. The highest BCUT2D eigenvalue weighted by Crippen LogP contribution is 2.34. The normalized spacial score (nSPS) is 14.9. The molecule has 0 unspecified atom stereocenters. The lowest BCUT2D eigenvalue weighted by Gasteiger charge is -2.31. The van der Waals surface area contributed by atoms with Crippen molar-refractivity contribution in [2.45, 2.75) is 19.8 Å². The molecule has 0 bridgehead atoms. The predicted molar refractivity (Wildman–Crippen MR) is 77.4 cm³/mol. The molecule has 1 aromatic rings. The number of hydrogen-bond donors (Lipinski definition) is 1. The Kier molecular flexibility index (Phi) is 4.12. The van der Waals surface area contributed by atoms with Crippen molar-refractivity contribution in [1.29, 1.82) is 10.5 Å². The van der Waals surface area contributed by atoms with Crippen molar-refractivity contribution in [3.63, 3.8) is 0 Å². The van der Waals surface area contributed by atoms with Gasteiger partial charge < -0.3 is 15.4 Å². The number of benzene rings is 1. The molecule has 0 saturated carbocycles. The number of nitrogens with zero attached hydrogens (tertiary/aromatic N) is 3. The van der Waals surface area contributed by atoms with Gasteiger partial charge in [-0.15, -0.1) is 0 Å². The SMILES string of the molecule is CC(C)c1cc(N2CCOCC2)c(C#N)c(N)c1C#N. The fourth-order valence-electron chi connectivity index (χ4n) is 2.46. The van der Waals surface area contributed by atoms with Crippen LogP contribution in [0.3, 0.4) is 0 Å². The van der Waals surface area contributed by atoms with Crippen LogP contribution >= 0.6 is 0 Å². The molecular weight excluding hydrogens is 252 g/mol. The number of nitriles is 2. The van der Waals surface area contributed by atoms with Crippen LogP contribution in [-0.2, 0) is 4.74 Å². The standard InChI is InChI=1S/C15H18N4O/c1-10(2)11-7-14(19-3-5-20-6-4-19)13(9-17)15(18)12(11)8-16/h7,10H,3-6,18H2,1-2H3. The van der Waals surface area contributed by atoms with Crippen LogP contribution in [0, 0.1) is 22.7 Å². The van der Waals surface area contributed by atoms with Crippen molar-refractivity contribution in [3.05, 3.63) is 22.8 Å². The van der Waals surface area contributed by atoms with Gasteiger partial charge in [0.1, 0.15) is 12.1 Å². The lowest BCUT2D eigenvalue weighted by Crippen LogP contribution is -2.37. The molecule has 0 aliphatic carbocycles. The summed E-state index contributed by atoms with van der Waals surface area (Å²) >= 11 is 0. The molecule has 0 spiro atoms. The Morgan fingerprint density at radius 2 is 1.80 bits per heavy atom. The summed E-state index contributed by atoms with van der Waals surface area (Å²) in [6.45, 7) is 6.79. The molecule has 20 heavy (non-hydrogen) atoms. The summed E-state index contributed by atoms with van der Waals surface area (Å²) in [6.07, 6.45) is 0. The van der Waals surface area contributed by atoms with Gasteiger partial charge in [0.15, 0.2) is 0 Å². The second-order valence-electron chi connectivity index (χ2n) is 5.13. The van der Waals surface area contributed by atoms with Gasteiger partial charge in [0.05, 0.1) is 35.7 Å². The lowest BCUT2D eigenvalue weighted by molar-refractivity contribution is 0.122. The van der Waals surface area contributed by atoms with Gasteiger partial charge in [-0.2, -0.15) is 10.5 Å². The van der Waals surface area contributed by atoms with Crippen LogP contribution in [0.5, 0.6) is 0 Å². The van der Waals surface area contributed by atoms with Gasteiger partial charge in [0, 0.05) is 13.1 Å². The molecule has 0 amide bonds. The Balaban J connectivity index is 2.62. The average molecular weight is 270 g/mol. The Morgan fingerprint density at radius 1 is 1.20 bits per heavy atom. The summed E-state index contributed by atoms with van der Waals surface area (Å²) in [5.41, 5.74) is 8.87. The fourth-order valence-corrected chi connectivity index (χ4v) is 2.46. The van der Waals surface area contributed by atoms with E-state index in [0.717, 1.165) is 24.3 Å². The summed E-state index contributed by atoms with van der Waals surface area (Å²) in [5, 5.41) is 18.7. The third-order valence-corrected chi connectivity index (χ3v) is 3.57. The largest absolute Gasteiger partial charge is 0.397 e. The lowest BCUT2D eigenvalue weighted by atomic mass is 9.92. The van der Waals surface area contributed by atoms with E-state index in [9.17, 15) is 10.5 Å². The van der Waals surface area contributed by atoms with E-state index in [1.807, 2.05) is 19.9 Å². The van der Waals surface area contributed by atoms with E-state index in [0.29, 0.717) is 30.0 Å². The van der Waals surface area contributed by atoms with Crippen LogP contribution in [0.4, 0.5) is 11.4 Å². The third-order valence-electron chi connectivity index (χ3n) is 3.57. The van der Waals surface area contributed by atoms with Gasteiger partial charge >= 0.3 is 0 Å². The molecule has 0 aromatic heterocycles. The van der Waals surface area contributed by atoms with E-state index < -0.39 is 0 Å². The maximum Gasteiger partial charge on any atom is 0.104 e. The monoisotopic (exact) mass is 270 g/mol. The summed E-state index contributed by atoms with van der Waals surface area (Å²) in [6, 6.07) is 6.21. The highest BCUT2D eigenvalue weighted by atomic mass is 16.5. The third kappa shape index (κ3) is 2.41. The van der Waals surface area contributed by atoms with Gasteiger partial charge in [0.25, 0.3) is 0 Å². The van der Waals surface area contributed by atoms with Crippen LogP contribution in [0.1, 0.15) is 36.5 Å². The Labute approximate surface area is 119 Å².